The number of halogens is 1. The molecule has 0 unspecified atom stereocenters. The van der Waals surface area contributed by atoms with Crippen molar-refractivity contribution in [3.8, 4) is 0 Å². The van der Waals surface area contributed by atoms with Crippen LogP contribution in [0.3, 0.4) is 0 Å². The van der Waals surface area contributed by atoms with Gasteiger partial charge in [0.1, 0.15) is 5.82 Å². The second-order valence-corrected chi connectivity index (χ2v) is 6.29. The minimum absolute atomic E-state index is 0.242. The summed E-state index contributed by atoms with van der Waals surface area (Å²) in [4.78, 5) is 18.1. The molecule has 1 aromatic heterocycles. The lowest BCUT2D eigenvalue weighted by Crippen LogP contribution is -2.39. The predicted octanol–water partition coefficient (Wildman–Crippen LogP) is 3.69. The molecule has 1 saturated heterocycles. The van der Waals surface area contributed by atoms with Gasteiger partial charge >= 0.3 is 6.09 Å². The van der Waals surface area contributed by atoms with Gasteiger partial charge in [0, 0.05) is 25.2 Å². The zero-order chi connectivity index (χ0) is 16.4. The zero-order valence-corrected chi connectivity index (χ0v) is 14.1. The molecule has 1 amide bonds. The first-order valence-corrected chi connectivity index (χ1v) is 8.99. The topological polar surface area (TPSA) is 47.4 Å². The first-order valence-electron chi connectivity index (χ1n) is 7.77. The molecule has 1 aliphatic heterocycles. The summed E-state index contributed by atoms with van der Waals surface area (Å²) in [5.41, 5.74) is 1.63. The lowest BCUT2D eigenvalue weighted by Gasteiger charge is -2.32. The number of piperidine rings is 1. The quantitative estimate of drug-likeness (QED) is 0.802. The number of carbonyl (C=O) groups excluding carboxylic acids is 1. The van der Waals surface area contributed by atoms with Gasteiger partial charge in [-0.05, 0) is 38.2 Å². The van der Waals surface area contributed by atoms with E-state index >= 15 is 0 Å². The Balaban J connectivity index is 1.83. The summed E-state index contributed by atoms with van der Waals surface area (Å²) in [6.45, 7) is 3.54. The van der Waals surface area contributed by atoms with E-state index in [9.17, 15) is 9.18 Å². The van der Waals surface area contributed by atoms with Crippen molar-refractivity contribution in [2.24, 2.45) is 0 Å². The molecule has 0 saturated carbocycles. The van der Waals surface area contributed by atoms with Crippen LogP contribution in [-0.4, -0.2) is 46.5 Å². The summed E-state index contributed by atoms with van der Waals surface area (Å²) in [6.07, 6.45) is 3.42. The number of nitrogens with zero attached hydrogens (tertiary/aromatic N) is 3. The number of amides is 1. The molecule has 1 aliphatic rings. The van der Waals surface area contributed by atoms with E-state index in [0.717, 1.165) is 23.5 Å². The van der Waals surface area contributed by atoms with Crippen molar-refractivity contribution in [3.05, 3.63) is 24.0 Å². The third-order valence-electron chi connectivity index (χ3n) is 4.16. The Morgan fingerprint density at radius 1 is 1.43 bits per heavy atom. The van der Waals surface area contributed by atoms with Crippen molar-refractivity contribution in [1.82, 2.24) is 14.5 Å². The number of hydrogen-bond acceptors (Lipinski definition) is 4. The minimum atomic E-state index is -0.271. The number of imidazole rings is 1. The third-order valence-corrected chi connectivity index (χ3v) is 4.81. The average Bonchev–Trinajstić information content (AvgIpc) is 2.92. The van der Waals surface area contributed by atoms with Gasteiger partial charge in [-0.15, -0.1) is 0 Å². The highest BCUT2D eigenvalue weighted by molar-refractivity contribution is 7.98. The van der Waals surface area contributed by atoms with Crippen molar-refractivity contribution in [1.29, 1.82) is 0 Å². The average molecular weight is 337 g/mol. The van der Waals surface area contributed by atoms with E-state index in [1.807, 2.05) is 13.2 Å². The summed E-state index contributed by atoms with van der Waals surface area (Å²) in [7, 11) is 0. The number of carbonyl (C=O) groups is 1. The maximum absolute atomic E-state index is 13.4. The van der Waals surface area contributed by atoms with Gasteiger partial charge in [-0.2, -0.15) is 0 Å². The highest BCUT2D eigenvalue weighted by Crippen LogP contribution is 2.32. The van der Waals surface area contributed by atoms with Gasteiger partial charge in [-0.3, -0.25) is 0 Å². The smallest absolute Gasteiger partial charge is 0.409 e. The van der Waals surface area contributed by atoms with E-state index in [2.05, 4.69) is 9.55 Å². The summed E-state index contributed by atoms with van der Waals surface area (Å²) < 4.78 is 20.7. The van der Waals surface area contributed by atoms with Crippen LogP contribution in [0.5, 0.6) is 0 Å². The number of benzene rings is 1. The van der Waals surface area contributed by atoms with Crippen LogP contribution in [-0.2, 0) is 4.74 Å². The van der Waals surface area contributed by atoms with Crippen LogP contribution < -0.4 is 0 Å². The molecule has 0 radical (unpaired) electrons. The fraction of sp³-hybridized carbons (Fsp3) is 0.500. The molecule has 0 spiro atoms. The molecule has 0 atom stereocenters. The van der Waals surface area contributed by atoms with Gasteiger partial charge < -0.3 is 14.2 Å². The number of ether oxygens (including phenoxy) is 1. The van der Waals surface area contributed by atoms with E-state index in [4.69, 9.17) is 4.74 Å². The largest absolute Gasteiger partial charge is 0.450 e. The van der Waals surface area contributed by atoms with Crippen molar-refractivity contribution in [2.45, 2.75) is 31.0 Å². The lowest BCUT2D eigenvalue weighted by atomic mass is 10.0. The first kappa shape index (κ1) is 16.1. The summed E-state index contributed by atoms with van der Waals surface area (Å²) in [5, 5.41) is 0.889. The van der Waals surface area contributed by atoms with Crippen LogP contribution in [0.4, 0.5) is 9.18 Å². The molecule has 0 aliphatic carbocycles. The monoisotopic (exact) mass is 337 g/mol. The molecule has 7 heteroatoms. The molecule has 1 aromatic carbocycles. The number of rotatable bonds is 3. The predicted molar refractivity (Wildman–Crippen MR) is 88.3 cm³/mol. The van der Waals surface area contributed by atoms with Crippen LogP contribution in [0.1, 0.15) is 25.8 Å². The Morgan fingerprint density at radius 2 is 2.17 bits per heavy atom. The lowest BCUT2D eigenvalue weighted by molar-refractivity contribution is 0.0923. The SMILES string of the molecule is CCOC(=O)N1CCC(n2c(SC)nc3cc(F)ccc32)CC1. The molecular formula is C16H20FN3O2S. The Labute approximate surface area is 138 Å². The van der Waals surface area contributed by atoms with E-state index in [1.54, 1.807) is 22.7 Å². The minimum Gasteiger partial charge on any atom is -0.450 e. The van der Waals surface area contributed by atoms with Crippen LogP contribution in [0, 0.1) is 5.82 Å². The molecule has 2 heterocycles. The second-order valence-electron chi connectivity index (χ2n) is 5.52. The molecule has 0 N–H and O–H groups in total. The maximum Gasteiger partial charge on any atom is 0.409 e. The Kier molecular flexibility index (Phi) is 4.75. The molecule has 23 heavy (non-hydrogen) atoms. The summed E-state index contributed by atoms with van der Waals surface area (Å²) in [5.74, 6) is -0.271. The van der Waals surface area contributed by atoms with Crippen molar-refractivity contribution in [3.63, 3.8) is 0 Å². The van der Waals surface area contributed by atoms with Gasteiger partial charge in [0.05, 0.1) is 17.6 Å². The van der Waals surface area contributed by atoms with Crippen LogP contribution >= 0.6 is 11.8 Å². The molecular weight excluding hydrogens is 317 g/mol. The second kappa shape index (κ2) is 6.78. The maximum atomic E-state index is 13.4. The van der Waals surface area contributed by atoms with Gasteiger partial charge in [0.2, 0.25) is 0 Å². The van der Waals surface area contributed by atoms with E-state index in [1.165, 1.54) is 12.1 Å². The third kappa shape index (κ3) is 3.15. The normalized spacial score (nSPS) is 16.0. The molecule has 2 aromatic rings. The van der Waals surface area contributed by atoms with Crippen molar-refractivity contribution < 1.29 is 13.9 Å². The fourth-order valence-corrected chi connectivity index (χ4v) is 3.70. The number of fused-ring (bicyclic) bond motifs is 1. The van der Waals surface area contributed by atoms with Crippen LogP contribution in [0.15, 0.2) is 23.4 Å². The Morgan fingerprint density at radius 3 is 2.83 bits per heavy atom. The van der Waals surface area contributed by atoms with Gasteiger partial charge in [-0.1, -0.05) is 11.8 Å². The van der Waals surface area contributed by atoms with E-state index < -0.39 is 0 Å². The van der Waals surface area contributed by atoms with Crippen molar-refractivity contribution in [2.75, 3.05) is 26.0 Å². The molecule has 124 valence electrons. The van der Waals surface area contributed by atoms with Crippen LogP contribution in [0.25, 0.3) is 11.0 Å². The van der Waals surface area contributed by atoms with Gasteiger partial charge in [0.15, 0.2) is 5.16 Å². The zero-order valence-electron chi connectivity index (χ0n) is 13.3. The van der Waals surface area contributed by atoms with Crippen molar-refractivity contribution >= 4 is 28.9 Å². The summed E-state index contributed by atoms with van der Waals surface area (Å²) >= 11 is 1.56. The number of aromatic nitrogens is 2. The highest BCUT2D eigenvalue weighted by Gasteiger charge is 2.27. The number of likely N-dealkylation sites (tertiary alicyclic amines) is 1. The Hall–Kier alpha value is -1.76. The molecule has 5 nitrogen and oxygen atoms in total. The number of hydrogen-bond donors (Lipinski definition) is 0. The van der Waals surface area contributed by atoms with Gasteiger partial charge in [0.25, 0.3) is 0 Å². The fourth-order valence-electron chi connectivity index (χ4n) is 3.07. The van der Waals surface area contributed by atoms with E-state index in [0.29, 0.717) is 25.2 Å². The standard InChI is InChI=1S/C16H20FN3O2S/c1-3-22-16(21)19-8-6-12(7-9-19)20-14-5-4-11(17)10-13(14)18-15(20)23-2/h4-5,10,12H,3,6-9H2,1-2H3. The van der Waals surface area contributed by atoms with Crippen LogP contribution in [0.2, 0.25) is 0 Å². The summed E-state index contributed by atoms with van der Waals surface area (Å²) in [6, 6.07) is 4.99. The first-order chi connectivity index (χ1) is 11.1. The Bertz CT molecular complexity index is 711. The van der Waals surface area contributed by atoms with E-state index in [-0.39, 0.29) is 18.0 Å². The molecule has 1 fully saturated rings. The van der Waals surface area contributed by atoms with Gasteiger partial charge in [-0.25, -0.2) is 14.2 Å². The highest BCUT2D eigenvalue weighted by atomic mass is 32.2. The number of thioether (sulfide) groups is 1. The molecule has 3 rings (SSSR count). The molecule has 0 bridgehead atoms.